The molecule has 2 heterocycles. The number of nitrogens with one attached hydrogen (secondary N) is 2. The first-order valence-corrected chi connectivity index (χ1v) is 15.8. The largest absolute Gasteiger partial charge is 0.367 e. The summed E-state index contributed by atoms with van der Waals surface area (Å²) in [6, 6.07) is -0.327. The van der Waals surface area contributed by atoms with E-state index in [0.717, 1.165) is 32.1 Å². The number of rotatable bonds is 21. The fourth-order valence-electron chi connectivity index (χ4n) is 3.96. The molecule has 2 rings (SSSR count). The second-order valence-corrected chi connectivity index (χ2v) is 11.1. The van der Waals surface area contributed by atoms with Gasteiger partial charge in [-0.3, -0.25) is 4.57 Å². The number of hydrogen-bond acceptors (Lipinski definition) is 6. The second kappa shape index (κ2) is 19.5. The van der Waals surface area contributed by atoms with Gasteiger partial charge in [-0.05, 0) is 38.5 Å². The molecular formula is C27H45N6O5P. The van der Waals surface area contributed by atoms with E-state index in [1.807, 2.05) is 0 Å². The summed E-state index contributed by atoms with van der Waals surface area (Å²) in [6.45, 7) is 3.18. The minimum atomic E-state index is -4.21. The third-order valence-electron chi connectivity index (χ3n) is 6.05. The van der Waals surface area contributed by atoms with Crippen LogP contribution in [0.5, 0.6) is 0 Å². The molecule has 39 heavy (non-hydrogen) atoms. The van der Waals surface area contributed by atoms with Gasteiger partial charge in [-0.25, -0.2) is 9.78 Å². The molecule has 2 aromatic heterocycles. The Hall–Kier alpha value is -2.59. The van der Waals surface area contributed by atoms with Crippen LogP contribution in [-0.4, -0.2) is 55.1 Å². The third kappa shape index (κ3) is 15.0. The van der Waals surface area contributed by atoms with Crippen molar-refractivity contribution in [1.82, 2.24) is 25.1 Å². The fourth-order valence-corrected chi connectivity index (χ4v) is 4.32. The first-order chi connectivity index (χ1) is 18.9. The zero-order valence-corrected chi connectivity index (χ0v) is 24.0. The van der Waals surface area contributed by atoms with Crippen LogP contribution < -0.4 is 10.6 Å². The number of urea groups is 1. The number of aromatic nitrogens is 4. The Bertz CT molecular complexity index is 1070. The maximum Gasteiger partial charge on any atom is 0.350 e. The number of hydrogen-bond donors (Lipinski definition) is 4. The lowest BCUT2D eigenvalue weighted by molar-refractivity contribution is 0.149. The van der Waals surface area contributed by atoms with Gasteiger partial charge in [0.1, 0.15) is 11.9 Å². The van der Waals surface area contributed by atoms with Crippen molar-refractivity contribution in [3.63, 3.8) is 0 Å². The summed E-state index contributed by atoms with van der Waals surface area (Å²) in [5.41, 5.74) is 1.35. The predicted molar refractivity (Wildman–Crippen MR) is 155 cm³/mol. The Morgan fingerprint density at radius 3 is 2.44 bits per heavy atom. The van der Waals surface area contributed by atoms with Crippen molar-refractivity contribution < 1.29 is 23.9 Å². The van der Waals surface area contributed by atoms with Crippen molar-refractivity contribution >= 4 is 30.5 Å². The molecule has 0 aliphatic heterocycles. The van der Waals surface area contributed by atoms with Crippen LogP contribution in [0.3, 0.4) is 0 Å². The van der Waals surface area contributed by atoms with E-state index in [1.165, 1.54) is 57.5 Å². The molecule has 0 spiro atoms. The predicted octanol–water partition coefficient (Wildman–Crippen LogP) is 5.91. The van der Waals surface area contributed by atoms with Gasteiger partial charge in [0.25, 0.3) is 0 Å². The minimum Gasteiger partial charge on any atom is -0.367 e. The number of anilines is 1. The molecule has 2 amide bonds. The Morgan fingerprint density at radius 1 is 1.03 bits per heavy atom. The number of amides is 2. The monoisotopic (exact) mass is 564 g/mol. The van der Waals surface area contributed by atoms with Crippen LogP contribution >= 0.6 is 7.60 Å². The minimum absolute atomic E-state index is 0.0740. The highest BCUT2D eigenvalue weighted by Crippen LogP contribution is 2.33. The molecule has 0 aromatic carbocycles. The van der Waals surface area contributed by atoms with Gasteiger partial charge in [-0.1, -0.05) is 69.8 Å². The smallest absolute Gasteiger partial charge is 0.350 e. The van der Waals surface area contributed by atoms with Crippen LogP contribution in [0.2, 0.25) is 0 Å². The number of carbonyl (C=O) groups is 1. The Balaban J connectivity index is 1.53. The molecule has 0 aliphatic rings. The molecule has 11 nitrogen and oxygen atoms in total. The summed E-state index contributed by atoms with van der Waals surface area (Å²) in [4.78, 5) is 34.3. The van der Waals surface area contributed by atoms with Gasteiger partial charge in [0, 0.05) is 13.1 Å². The Labute approximate surface area is 231 Å². The third-order valence-corrected chi connectivity index (χ3v) is 6.57. The van der Waals surface area contributed by atoms with Crippen LogP contribution in [0.1, 0.15) is 84.0 Å². The normalized spacial score (nSPS) is 12.2. The number of carbonyl (C=O) groups excluding carboxylic acids is 1. The van der Waals surface area contributed by atoms with Gasteiger partial charge < -0.3 is 29.7 Å². The molecular weight excluding hydrogens is 519 g/mol. The molecule has 0 bridgehead atoms. The lowest BCUT2D eigenvalue weighted by atomic mass is 10.1. The van der Waals surface area contributed by atoms with Gasteiger partial charge in [0.2, 0.25) is 0 Å². The van der Waals surface area contributed by atoms with Crippen LogP contribution in [0.15, 0.2) is 36.8 Å². The fraction of sp³-hybridized carbons (Fsp3) is 0.630. The Morgan fingerprint density at radius 2 is 1.72 bits per heavy atom. The highest BCUT2D eigenvalue weighted by Gasteiger charge is 2.14. The first-order valence-electron chi connectivity index (χ1n) is 14.0. The molecule has 4 N–H and O–H groups in total. The molecule has 0 saturated carbocycles. The van der Waals surface area contributed by atoms with E-state index in [1.54, 1.807) is 4.57 Å². The summed E-state index contributed by atoms with van der Waals surface area (Å²) < 4.78 is 17.5. The molecule has 0 atom stereocenters. The zero-order chi connectivity index (χ0) is 28.2. The van der Waals surface area contributed by atoms with E-state index in [4.69, 9.17) is 14.5 Å². The van der Waals surface area contributed by atoms with Crippen molar-refractivity contribution in [2.75, 3.05) is 24.8 Å². The van der Waals surface area contributed by atoms with Crippen molar-refractivity contribution in [2.45, 2.75) is 90.5 Å². The number of nitrogens with zero attached hydrogens (tertiary/aromatic N) is 4. The summed E-state index contributed by atoms with van der Waals surface area (Å²) >= 11 is 0. The molecule has 0 aliphatic carbocycles. The lowest BCUT2D eigenvalue weighted by Gasteiger charge is -2.08. The summed E-state index contributed by atoms with van der Waals surface area (Å²) in [7, 11) is -4.21. The quantitative estimate of drug-likeness (QED) is 0.0829. The molecule has 218 valence electrons. The van der Waals surface area contributed by atoms with Crippen molar-refractivity contribution in [2.24, 2.45) is 0 Å². The topological polar surface area (TPSA) is 151 Å². The first kappa shape index (κ1) is 32.6. The highest BCUT2D eigenvalue weighted by molar-refractivity contribution is 7.51. The number of fused-ring (bicyclic) bond motifs is 1. The van der Waals surface area contributed by atoms with Gasteiger partial charge in [-0.2, -0.15) is 5.10 Å². The van der Waals surface area contributed by atoms with Crippen molar-refractivity contribution in [1.29, 1.82) is 0 Å². The van der Waals surface area contributed by atoms with Crippen LogP contribution in [0.25, 0.3) is 11.2 Å². The van der Waals surface area contributed by atoms with Gasteiger partial charge in [0.05, 0.1) is 24.8 Å². The van der Waals surface area contributed by atoms with E-state index in [2.05, 4.69) is 57.0 Å². The second-order valence-electron chi connectivity index (χ2n) is 9.54. The molecule has 12 heteroatoms. The number of imidazole rings is 1. The van der Waals surface area contributed by atoms with Crippen LogP contribution in [0.4, 0.5) is 10.5 Å². The van der Waals surface area contributed by atoms with E-state index in [-0.39, 0.29) is 19.2 Å². The molecule has 0 fully saturated rings. The molecule has 0 saturated heterocycles. The molecule has 0 radical (unpaired) electrons. The number of unbranched alkanes of at least 4 members (excludes halogenated alkanes) is 9. The standard InChI is InChI=1S/C27H45N6O5P/c1-2-3-4-5-6-7-8-9-10-11-12-13-14-15-16-17-18-28-27(34)31-24-21-30-32-26-25(24)29-22-33(26)19-20-38-23-39(35,36)37/h6-7,9-10,21-22H,2-5,8,11-20,23H2,1H3,(H2,35,36,37)(H2,28,31,32,34)/b7-6-,10-9-. The maximum atomic E-state index is 12.3. The maximum absolute atomic E-state index is 12.3. The van der Waals surface area contributed by atoms with Crippen molar-refractivity contribution in [3.05, 3.63) is 36.8 Å². The Kier molecular flexibility index (Phi) is 16.3. The van der Waals surface area contributed by atoms with Gasteiger partial charge in [0.15, 0.2) is 5.65 Å². The summed E-state index contributed by atoms with van der Waals surface area (Å²) in [5.74, 6) is 0. The van der Waals surface area contributed by atoms with E-state index in [0.29, 0.717) is 23.4 Å². The van der Waals surface area contributed by atoms with Crippen molar-refractivity contribution in [3.8, 4) is 0 Å². The summed E-state index contributed by atoms with van der Waals surface area (Å²) in [6.07, 6.45) is 25.5. The highest BCUT2D eigenvalue weighted by atomic mass is 31.2. The summed E-state index contributed by atoms with van der Waals surface area (Å²) in [5, 5.41) is 13.6. The van der Waals surface area contributed by atoms with Crippen LogP contribution in [-0.2, 0) is 15.8 Å². The molecule has 0 unspecified atom stereocenters. The molecule has 2 aromatic rings. The number of allylic oxidation sites excluding steroid dienone is 4. The van der Waals surface area contributed by atoms with Gasteiger partial charge in [-0.15, -0.1) is 5.10 Å². The average molecular weight is 565 g/mol. The SMILES string of the molecule is CCCCC/C=C\C/C=C\CCCCCCCCNC(=O)Nc1cnnc2c1ncn2CCOCP(=O)(O)O. The van der Waals surface area contributed by atoms with Gasteiger partial charge >= 0.3 is 13.6 Å². The van der Waals surface area contributed by atoms with E-state index < -0.39 is 13.9 Å². The lowest BCUT2D eigenvalue weighted by Crippen LogP contribution is -2.29. The average Bonchev–Trinajstić information content (AvgIpc) is 3.32. The van der Waals surface area contributed by atoms with E-state index >= 15 is 0 Å². The van der Waals surface area contributed by atoms with Crippen LogP contribution in [0, 0.1) is 0 Å². The zero-order valence-electron chi connectivity index (χ0n) is 23.1. The number of ether oxygens (including phenoxy) is 1. The van der Waals surface area contributed by atoms with E-state index in [9.17, 15) is 9.36 Å².